The number of rotatable bonds is 18. The highest BCUT2D eigenvalue weighted by atomic mass is 16.6. The van der Waals surface area contributed by atoms with Crippen molar-refractivity contribution in [3.8, 4) is 0 Å². The molecule has 0 amide bonds. The molecule has 0 radical (unpaired) electrons. The first-order valence-electron chi connectivity index (χ1n) is 9.98. The maximum atomic E-state index is 11.6. The van der Waals surface area contributed by atoms with E-state index in [9.17, 15) is 29.4 Å². The van der Waals surface area contributed by atoms with Crippen LogP contribution in [0.15, 0.2) is 38.0 Å². The molecular formula is C22H32O11. The fraction of sp³-hybridized carbons (Fsp3) is 0.545. The Bertz CT molecular complexity index is 676. The third-order valence-electron chi connectivity index (χ3n) is 4.38. The summed E-state index contributed by atoms with van der Waals surface area (Å²) in [6.07, 6.45) is 2.86. The van der Waals surface area contributed by atoms with Crippen LogP contribution in [0.3, 0.4) is 0 Å². The Morgan fingerprint density at radius 1 is 0.667 bits per heavy atom. The van der Waals surface area contributed by atoms with Gasteiger partial charge in [0.15, 0.2) is 0 Å². The van der Waals surface area contributed by atoms with Crippen molar-refractivity contribution in [1.82, 2.24) is 0 Å². The predicted molar refractivity (Wildman–Crippen MR) is 115 cm³/mol. The molecule has 11 nitrogen and oxygen atoms in total. The zero-order valence-corrected chi connectivity index (χ0v) is 18.8. The summed E-state index contributed by atoms with van der Waals surface area (Å²) in [6, 6.07) is 0. The van der Waals surface area contributed by atoms with Crippen molar-refractivity contribution in [2.45, 2.75) is 13.3 Å². The molecule has 0 saturated carbocycles. The standard InChI is InChI=1S/C22H32O11/c1-5-17(25)30-13-21(9-23,14-31-18(26)6-2)11-29-12-22(10-24,15-32-19(27)7-3)16-33-20(28)8-4/h5-7,23-24H,1-3,8-16H2,4H3. The summed E-state index contributed by atoms with van der Waals surface area (Å²) in [5.74, 6) is -2.84. The van der Waals surface area contributed by atoms with E-state index in [1.54, 1.807) is 6.92 Å². The highest BCUT2D eigenvalue weighted by Gasteiger charge is 2.38. The molecule has 0 fully saturated rings. The van der Waals surface area contributed by atoms with Crippen LogP contribution < -0.4 is 0 Å². The van der Waals surface area contributed by atoms with Crippen LogP contribution in [0.2, 0.25) is 0 Å². The van der Waals surface area contributed by atoms with E-state index >= 15 is 0 Å². The molecule has 1 atom stereocenters. The van der Waals surface area contributed by atoms with Crippen molar-refractivity contribution in [2.75, 3.05) is 52.9 Å². The average molecular weight is 472 g/mol. The van der Waals surface area contributed by atoms with Crippen LogP contribution in [0, 0.1) is 10.8 Å². The lowest BCUT2D eigenvalue weighted by atomic mass is 9.90. The van der Waals surface area contributed by atoms with E-state index in [0.29, 0.717) is 0 Å². The molecule has 0 aliphatic heterocycles. The molecule has 0 bridgehead atoms. The second kappa shape index (κ2) is 15.7. The van der Waals surface area contributed by atoms with Gasteiger partial charge in [-0.25, -0.2) is 14.4 Å². The van der Waals surface area contributed by atoms with E-state index in [1.807, 2.05) is 0 Å². The Hall–Kier alpha value is -3.02. The van der Waals surface area contributed by atoms with Crippen molar-refractivity contribution in [3.63, 3.8) is 0 Å². The van der Waals surface area contributed by atoms with Gasteiger partial charge in [-0.15, -0.1) is 0 Å². The molecule has 0 aromatic rings. The summed E-state index contributed by atoms with van der Waals surface area (Å²) in [4.78, 5) is 46.0. The van der Waals surface area contributed by atoms with Crippen molar-refractivity contribution in [2.24, 2.45) is 10.8 Å². The van der Waals surface area contributed by atoms with Gasteiger partial charge in [-0.05, 0) is 0 Å². The molecule has 2 N–H and O–H groups in total. The number of hydrogen-bond donors (Lipinski definition) is 2. The molecule has 0 rings (SSSR count). The van der Waals surface area contributed by atoms with Gasteiger partial charge >= 0.3 is 23.9 Å². The molecular weight excluding hydrogens is 440 g/mol. The molecule has 33 heavy (non-hydrogen) atoms. The summed E-state index contributed by atoms with van der Waals surface area (Å²) in [5.41, 5.74) is -2.70. The first-order valence-corrected chi connectivity index (χ1v) is 9.98. The Morgan fingerprint density at radius 2 is 1.00 bits per heavy atom. The second-order valence-corrected chi connectivity index (χ2v) is 7.26. The summed E-state index contributed by atoms with van der Waals surface area (Å²) >= 11 is 0. The lowest BCUT2D eigenvalue weighted by Gasteiger charge is -2.34. The Balaban J connectivity index is 5.49. The van der Waals surface area contributed by atoms with E-state index in [2.05, 4.69) is 19.7 Å². The maximum Gasteiger partial charge on any atom is 0.330 e. The summed E-state index contributed by atoms with van der Waals surface area (Å²) < 4.78 is 25.8. The minimum Gasteiger partial charge on any atom is -0.465 e. The quantitative estimate of drug-likeness (QED) is 0.158. The predicted octanol–water partition coefficient (Wildman–Crippen LogP) is 0.101. The first kappa shape index (κ1) is 30.0. The SMILES string of the molecule is C=CC(=O)OCC(CO)(COCC(CO)(COC(=O)C=C)COC(=O)CC)COC(=O)C=C. The molecule has 0 saturated heterocycles. The normalized spacial score (nSPS) is 12.6. The van der Waals surface area contributed by atoms with Crippen LogP contribution in [0.5, 0.6) is 0 Å². The van der Waals surface area contributed by atoms with Crippen LogP contribution in [0.4, 0.5) is 0 Å². The van der Waals surface area contributed by atoms with E-state index in [-0.39, 0.29) is 46.1 Å². The fourth-order valence-corrected chi connectivity index (χ4v) is 2.19. The van der Waals surface area contributed by atoms with E-state index in [4.69, 9.17) is 23.7 Å². The van der Waals surface area contributed by atoms with Crippen LogP contribution >= 0.6 is 0 Å². The molecule has 186 valence electrons. The number of aliphatic hydroxyl groups excluding tert-OH is 2. The van der Waals surface area contributed by atoms with Gasteiger partial charge in [0.05, 0.1) is 37.3 Å². The Labute approximate surface area is 192 Å². The van der Waals surface area contributed by atoms with E-state index in [0.717, 1.165) is 18.2 Å². The van der Waals surface area contributed by atoms with Gasteiger partial charge in [0.2, 0.25) is 0 Å². The average Bonchev–Trinajstić information content (AvgIpc) is 2.85. The number of carbonyl (C=O) groups excluding carboxylic acids is 4. The summed E-state index contributed by atoms with van der Waals surface area (Å²) in [6.45, 7) is 8.16. The van der Waals surface area contributed by atoms with Crippen molar-refractivity contribution >= 4 is 23.9 Å². The number of esters is 4. The van der Waals surface area contributed by atoms with Gasteiger partial charge < -0.3 is 33.9 Å². The van der Waals surface area contributed by atoms with Crippen molar-refractivity contribution in [3.05, 3.63) is 38.0 Å². The lowest BCUT2D eigenvalue weighted by molar-refractivity contribution is -0.164. The molecule has 0 aliphatic carbocycles. The topological polar surface area (TPSA) is 155 Å². The van der Waals surface area contributed by atoms with Gasteiger partial charge in [-0.3, -0.25) is 4.79 Å². The largest absolute Gasteiger partial charge is 0.465 e. The smallest absolute Gasteiger partial charge is 0.330 e. The number of hydrogen-bond acceptors (Lipinski definition) is 11. The third-order valence-corrected chi connectivity index (χ3v) is 4.38. The molecule has 0 heterocycles. The van der Waals surface area contributed by atoms with Gasteiger partial charge in [0, 0.05) is 24.6 Å². The summed E-state index contributed by atoms with van der Waals surface area (Å²) in [7, 11) is 0. The van der Waals surface area contributed by atoms with Crippen LogP contribution in [-0.2, 0) is 42.9 Å². The second-order valence-electron chi connectivity index (χ2n) is 7.26. The van der Waals surface area contributed by atoms with E-state index in [1.165, 1.54) is 0 Å². The number of aliphatic hydroxyl groups is 2. The Morgan fingerprint density at radius 3 is 1.27 bits per heavy atom. The van der Waals surface area contributed by atoms with Gasteiger partial charge in [-0.1, -0.05) is 26.7 Å². The van der Waals surface area contributed by atoms with Gasteiger partial charge in [0.25, 0.3) is 0 Å². The van der Waals surface area contributed by atoms with Crippen LogP contribution in [-0.4, -0.2) is 86.9 Å². The number of ether oxygens (including phenoxy) is 5. The molecule has 0 aromatic carbocycles. The van der Waals surface area contributed by atoms with Crippen molar-refractivity contribution < 1.29 is 53.1 Å². The molecule has 1 unspecified atom stereocenters. The molecule has 0 spiro atoms. The van der Waals surface area contributed by atoms with Crippen LogP contribution in [0.25, 0.3) is 0 Å². The molecule has 0 aliphatic rings. The highest BCUT2D eigenvalue weighted by molar-refractivity contribution is 5.82. The van der Waals surface area contributed by atoms with E-state index < -0.39 is 47.9 Å². The summed E-state index contributed by atoms with van der Waals surface area (Å²) in [5, 5.41) is 19.9. The molecule has 0 aromatic heterocycles. The van der Waals surface area contributed by atoms with Crippen molar-refractivity contribution in [1.29, 1.82) is 0 Å². The molecule has 11 heteroatoms. The van der Waals surface area contributed by atoms with Gasteiger partial charge in [0.1, 0.15) is 26.4 Å². The maximum absolute atomic E-state index is 11.6. The van der Waals surface area contributed by atoms with Gasteiger partial charge in [-0.2, -0.15) is 0 Å². The lowest BCUT2D eigenvalue weighted by Crippen LogP contribution is -2.46. The monoisotopic (exact) mass is 472 g/mol. The zero-order chi connectivity index (χ0) is 25.3. The first-order chi connectivity index (χ1) is 15.6. The van der Waals surface area contributed by atoms with Crippen LogP contribution in [0.1, 0.15) is 13.3 Å². The minimum absolute atomic E-state index is 0.0891. The zero-order valence-electron chi connectivity index (χ0n) is 18.8. The highest BCUT2D eigenvalue weighted by Crippen LogP contribution is 2.24. The fourth-order valence-electron chi connectivity index (χ4n) is 2.19. The number of carbonyl (C=O) groups is 4. The third kappa shape index (κ3) is 11.4. The minimum atomic E-state index is -1.36. The Kier molecular flexibility index (Phi) is 14.3.